The Morgan fingerprint density at radius 2 is 1.78 bits per heavy atom. The van der Waals surface area contributed by atoms with E-state index in [1.54, 1.807) is 0 Å². The van der Waals surface area contributed by atoms with E-state index in [1.807, 2.05) is 0 Å². The largest absolute Gasteiger partial charge is 0.481 e. The van der Waals surface area contributed by atoms with E-state index in [0.717, 1.165) is 32.1 Å². The van der Waals surface area contributed by atoms with Gasteiger partial charge in [0.15, 0.2) is 0 Å². The lowest BCUT2D eigenvalue weighted by Gasteiger charge is -2.16. The summed E-state index contributed by atoms with van der Waals surface area (Å²) in [4.78, 5) is 11.2. The van der Waals surface area contributed by atoms with Crippen molar-refractivity contribution in [2.75, 3.05) is 0 Å². The fourth-order valence-electron chi connectivity index (χ4n) is 2.78. The Balaban J connectivity index is 2.11. The Hall–Kier alpha value is -0.790. The Morgan fingerprint density at radius 1 is 1.17 bits per heavy atom. The Bertz CT molecular complexity index is 250. The van der Waals surface area contributed by atoms with Gasteiger partial charge in [0.2, 0.25) is 0 Å². The van der Waals surface area contributed by atoms with Crippen molar-refractivity contribution in [3.8, 4) is 0 Å². The number of hydrogen-bond donors (Lipinski definition) is 1. The zero-order valence-electron chi connectivity index (χ0n) is 11.7. The topological polar surface area (TPSA) is 37.3 Å². The predicted octanol–water partition coefficient (Wildman–Crippen LogP) is 4.79. The Kier molecular flexibility index (Phi) is 7.79. The van der Waals surface area contributed by atoms with Crippen LogP contribution >= 0.6 is 0 Å². The van der Waals surface area contributed by atoms with E-state index in [1.165, 1.54) is 32.1 Å². The molecular weight excluding hydrogens is 224 g/mol. The van der Waals surface area contributed by atoms with Crippen molar-refractivity contribution in [3.05, 3.63) is 12.2 Å². The summed E-state index contributed by atoms with van der Waals surface area (Å²) < 4.78 is 0. The van der Waals surface area contributed by atoms with Crippen LogP contribution in [0, 0.1) is 11.8 Å². The number of carbonyl (C=O) groups is 1. The standard InChI is InChI=1S/C16H28O2/c1-2-3-4-5-6-7-12-15(16(17)18)13-14-10-8-9-11-14/h8-9,14-15H,2-7,10-13H2,1H3,(H,17,18). The molecule has 0 saturated carbocycles. The van der Waals surface area contributed by atoms with E-state index in [0.29, 0.717) is 5.92 Å². The molecular formula is C16H28O2. The van der Waals surface area contributed by atoms with Crippen molar-refractivity contribution >= 4 is 5.97 Å². The molecule has 0 aromatic heterocycles. The van der Waals surface area contributed by atoms with Crippen LogP contribution in [0.2, 0.25) is 0 Å². The number of carboxylic acids is 1. The van der Waals surface area contributed by atoms with Crippen LogP contribution in [-0.4, -0.2) is 11.1 Å². The molecule has 0 aliphatic heterocycles. The normalized spacial score (nSPS) is 17.2. The van der Waals surface area contributed by atoms with Crippen LogP contribution in [-0.2, 0) is 4.79 Å². The van der Waals surface area contributed by atoms with Gasteiger partial charge in [-0.2, -0.15) is 0 Å². The van der Waals surface area contributed by atoms with Gasteiger partial charge in [0.25, 0.3) is 0 Å². The van der Waals surface area contributed by atoms with Crippen molar-refractivity contribution in [1.82, 2.24) is 0 Å². The molecule has 0 amide bonds. The van der Waals surface area contributed by atoms with Gasteiger partial charge in [0.05, 0.1) is 5.92 Å². The minimum absolute atomic E-state index is 0.110. The first-order chi connectivity index (χ1) is 8.74. The van der Waals surface area contributed by atoms with Crippen molar-refractivity contribution < 1.29 is 9.90 Å². The summed E-state index contributed by atoms with van der Waals surface area (Å²) in [7, 11) is 0. The molecule has 104 valence electrons. The van der Waals surface area contributed by atoms with Crippen molar-refractivity contribution in [3.63, 3.8) is 0 Å². The molecule has 0 spiro atoms. The maximum atomic E-state index is 11.2. The van der Waals surface area contributed by atoms with Gasteiger partial charge in [-0.3, -0.25) is 4.79 Å². The van der Waals surface area contributed by atoms with Crippen LogP contribution in [0.25, 0.3) is 0 Å². The number of allylic oxidation sites excluding steroid dienone is 2. The summed E-state index contributed by atoms with van der Waals surface area (Å²) in [5.74, 6) is -0.109. The van der Waals surface area contributed by atoms with Gasteiger partial charge in [-0.15, -0.1) is 0 Å². The molecule has 0 radical (unpaired) electrons. The summed E-state index contributed by atoms with van der Waals surface area (Å²) in [6, 6.07) is 0. The highest BCUT2D eigenvalue weighted by atomic mass is 16.4. The highest BCUT2D eigenvalue weighted by Crippen LogP contribution is 2.28. The van der Waals surface area contributed by atoms with E-state index in [2.05, 4.69) is 19.1 Å². The van der Waals surface area contributed by atoms with E-state index in [-0.39, 0.29) is 5.92 Å². The van der Waals surface area contributed by atoms with E-state index < -0.39 is 5.97 Å². The van der Waals surface area contributed by atoms with Crippen molar-refractivity contribution in [1.29, 1.82) is 0 Å². The molecule has 1 N–H and O–H groups in total. The van der Waals surface area contributed by atoms with Crippen LogP contribution in [0.4, 0.5) is 0 Å². The third-order valence-corrected chi connectivity index (χ3v) is 3.98. The number of aliphatic carboxylic acids is 1. The lowest BCUT2D eigenvalue weighted by atomic mass is 9.89. The second kappa shape index (κ2) is 9.18. The molecule has 1 aliphatic carbocycles. The van der Waals surface area contributed by atoms with Gasteiger partial charge < -0.3 is 5.11 Å². The smallest absolute Gasteiger partial charge is 0.306 e. The summed E-state index contributed by atoms with van der Waals surface area (Å²) in [5.41, 5.74) is 0. The monoisotopic (exact) mass is 252 g/mol. The number of carboxylic acid groups (broad SMARTS) is 1. The van der Waals surface area contributed by atoms with Gasteiger partial charge in [-0.1, -0.05) is 57.6 Å². The summed E-state index contributed by atoms with van der Waals surface area (Å²) in [5, 5.41) is 9.25. The van der Waals surface area contributed by atoms with Crippen LogP contribution in [0.5, 0.6) is 0 Å². The molecule has 0 saturated heterocycles. The van der Waals surface area contributed by atoms with Crippen molar-refractivity contribution in [2.45, 2.75) is 71.1 Å². The maximum Gasteiger partial charge on any atom is 0.306 e. The third-order valence-electron chi connectivity index (χ3n) is 3.98. The number of rotatable bonds is 10. The molecule has 0 aromatic rings. The maximum absolute atomic E-state index is 11.2. The second-order valence-corrected chi connectivity index (χ2v) is 5.64. The average molecular weight is 252 g/mol. The molecule has 0 heterocycles. The molecule has 0 aromatic carbocycles. The SMILES string of the molecule is CCCCCCCCC(CC1CC=CC1)C(=O)O. The minimum atomic E-state index is -0.588. The summed E-state index contributed by atoms with van der Waals surface area (Å²) in [6.45, 7) is 2.22. The zero-order valence-corrected chi connectivity index (χ0v) is 11.7. The quantitative estimate of drug-likeness (QED) is 0.448. The molecule has 0 bridgehead atoms. The molecule has 2 heteroatoms. The van der Waals surface area contributed by atoms with Crippen LogP contribution in [0.1, 0.15) is 71.1 Å². The second-order valence-electron chi connectivity index (χ2n) is 5.64. The van der Waals surface area contributed by atoms with Gasteiger partial charge in [-0.05, 0) is 31.6 Å². The highest BCUT2D eigenvalue weighted by molar-refractivity contribution is 5.69. The van der Waals surface area contributed by atoms with Gasteiger partial charge >= 0.3 is 5.97 Å². The van der Waals surface area contributed by atoms with Gasteiger partial charge in [0, 0.05) is 0 Å². The molecule has 0 fully saturated rings. The van der Waals surface area contributed by atoms with Crippen LogP contribution < -0.4 is 0 Å². The zero-order chi connectivity index (χ0) is 13.2. The molecule has 1 aliphatic rings. The van der Waals surface area contributed by atoms with Gasteiger partial charge in [-0.25, -0.2) is 0 Å². The molecule has 2 nitrogen and oxygen atoms in total. The summed E-state index contributed by atoms with van der Waals surface area (Å²) in [6.07, 6.45) is 15.7. The first-order valence-electron chi connectivity index (χ1n) is 7.61. The van der Waals surface area contributed by atoms with Crippen LogP contribution in [0.15, 0.2) is 12.2 Å². The lowest BCUT2D eigenvalue weighted by Crippen LogP contribution is -2.17. The fraction of sp³-hybridized carbons (Fsp3) is 0.812. The first kappa shape index (κ1) is 15.3. The fourth-order valence-corrected chi connectivity index (χ4v) is 2.78. The highest BCUT2D eigenvalue weighted by Gasteiger charge is 2.22. The first-order valence-corrected chi connectivity index (χ1v) is 7.61. The third kappa shape index (κ3) is 6.23. The van der Waals surface area contributed by atoms with Gasteiger partial charge in [0.1, 0.15) is 0 Å². The molecule has 1 atom stereocenters. The summed E-state index contributed by atoms with van der Waals surface area (Å²) >= 11 is 0. The number of unbranched alkanes of at least 4 members (excludes halogenated alkanes) is 5. The molecule has 18 heavy (non-hydrogen) atoms. The lowest BCUT2D eigenvalue weighted by molar-refractivity contribution is -0.142. The Morgan fingerprint density at radius 3 is 2.39 bits per heavy atom. The number of hydrogen-bond acceptors (Lipinski definition) is 1. The minimum Gasteiger partial charge on any atom is -0.481 e. The predicted molar refractivity (Wildman–Crippen MR) is 75.6 cm³/mol. The van der Waals surface area contributed by atoms with E-state index in [4.69, 9.17) is 0 Å². The van der Waals surface area contributed by atoms with E-state index >= 15 is 0 Å². The van der Waals surface area contributed by atoms with Crippen molar-refractivity contribution in [2.24, 2.45) is 11.8 Å². The molecule has 1 unspecified atom stereocenters. The Labute approximate surface area is 111 Å². The average Bonchev–Trinajstić information content (AvgIpc) is 2.84. The molecule has 1 rings (SSSR count). The van der Waals surface area contributed by atoms with E-state index in [9.17, 15) is 9.90 Å². The van der Waals surface area contributed by atoms with Crippen LogP contribution in [0.3, 0.4) is 0 Å².